The number of aromatic carboxylic acids is 1. The van der Waals surface area contributed by atoms with E-state index >= 15 is 0 Å². The van der Waals surface area contributed by atoms with Crippen LogP contribution in [0.1, 0.15) is 39.6 Å². The van der Waals surface area contributed by atoms with Gasteiger partial charge in [0.05, 0.1) is 11.0 Å². The minimum Gasteiger partial charge on any atom is -0.475 e. The van der Waals surface area contributed by atoms with Gasteiger partial charge in [0.1, 0.15) is 0 Å². The number of nitrogens with zero attached hydrogens (tertiary/aromatic N) is 1. The number of amides is 1. The third-order valence-electron chi connectivity index (χ3n) is 3.15. The third-order valence-corrected chi connectivity index (χ3v) is 3.15. The third kappa shape index (κ3) is 3.83. The molecule has 0 spiro atoms. The quantitative estimate of drug-likeness (QED) is 0.627. The van der Waals surface area contributed by atoms with Crippen molar-refractivity contribution in [2.75, 3.05) is 0 Å². The van der Waals surface area contributed by atoms with Crippen LogP contribution in [-0.4, -0.2) is 21.9 Å². The van der Waals surface area contributed by atoms with Crippen LogP contribution in [-0.2, 0) is 0 Å². The Morgan fingerprint density at radius 2 is 1.79 bits per heavy atom. The Hall–Kier alpha value is -3.49. The maximum absolute atomic E-state index is 12.1. The minimum atomic E-state index is -1.47. The summed E-state index contributed by atoms with van der Waals surface area (Å²) in [6.07, 6.45) is 0. The zero-order chi connectivity index (χ0) is 17.9. The van der Waals surface area contributed by atoms with Gasteiger partial charge in [-0.1, -0.05) is 12.1 Å². The van der Waals surface area contributed by atoms with E-state index in [0.717, 1.165) is 12.1 Å². The van der Waals surface area contributed by atoms with Crippen LogP contribution in [0, 0.1) is 10.1 Å². The lowest BCUT2D eigenvalue weighted by atomic mass is 10.1. The van der Waals surface area contributed by atoms with Crippen LogP contribution >= 0.6 is 0 Å². The number of carboxylic acids is 1. The molecule has 2 aromatic rings. The van der Waals surface area contributed by atoms with Crippen LogP contribution in [0.5, 0.6) is 0 Å². The topological polar surface area (TPSA) is 140 Å². The average molecular weight is 332 g/mol. The number of benzene rings is 1. The number of carbonyl (C=O) groups excluding carboxylic acids is 1. The standard InChI is InChI=1S/C15H12N2O7/c1-8(9-2-4-10(5-3-9)17(22)23)16-14(19)12-6-11(18)7-13(24-12)15(20)21/h2-8H,1H3,(H,16,19)(H,20,21)/t8-/m1/s1. The summed E-state index contributed by atoms with van der Waals surface area (Å²) >= 11 is 0. The first-order chi connectivity index (χ1) is 11.3. The molecule has 9 nitrogen and oxygen atoms in total. The SMILES string of the molecule is C[C@@H](NC(=O)c1cc(=O)cc(C(=O)O)o1)c1ccc([N+](=O)[O-])cc1. The molecule has 1 aromatic heterocycles. The van der Waals surface area contributed by atoms with Crippen molar-refractivity contribution in [2.45, 2.75) is 13.0 Å². The van der Waals surface area contributed by atoms with Crippen molar-refractivity contribution in [3.63, 3.8) is 0 Å². The van der Waals surface area contributed by atoms with Gasteiger partial charge in [-0.25, -0.2) is 4.79 Å². The fourth-order valence-corrected chi connectivity index (χ4v) is 1.93. The predicted octanol–water partition coefficient (Wildman–Crippen LogP) is 1.74. The number of nitro groups is 1. The minimum absolute atomic E-state index is 0.0857. The van der Waals surface area contributed by atoms with Gasteiger partial charge >= 0.3 is 5.97 Å². The van der Waals surface area contributed by atoms with Crippen molar-refractivity contribution in [3.05, 3.63) is 73.8 Å². The molecular formula is C15H12N2O7. The van der Waals surface area contributed by atoms with Gasteiger partial charge in [-0.05, 0) is 12.5 Å². The second-order valence-electron chi connectivity index (χ2n) is 4.87. The summed E-state index contributed by atoms with van der Waals surface area (Å²) in [7, 11) is 0. The number of non-ortho nitro benzene ring substituents is 1. The van der Waals surface area contributed by atoms with Crippen LogP contribution < -0.4 is 10.7 Å². The Balaban J connectivity index is 2.18. The lowest BCUT2D eigenvalue weighted by Crippen LogP contribution is -2.27. The molecule has 1 atom stereocenters. The molecule has 0 saturated carbocycles. The molecule has 0 aliphatic rings. The predicted molar refractivity (Wildman–Crippen MR) is 80.9 cm³/mol. The van der Waals surface area contributed by atoms with Gasteiger partial charge in [0.2, 0.25) is 5.76 Å². The fraction of sp³-hybridized carbons (Fsp3) is 0.133. The number of carboxylic acid groups (broad SMARTS) is 1. The molecule has 0 aliphatic carbocycles. The highest BCUT2D eigenvalue weighted by atomic mass is 16.6. The number of rotatable bonds is 5. The summed E-state index contributed by atoms with van der Waals surface area (Å²) in [5, 5.41) is 22.0. The van der Waals surface area contributed by atoms with E-state index in [4.69, 9.17) is 9.52 Å². The highest BCUT2D eigenvalue weighted by molar-refractivity contribution is 5.92. The van der Waals surface area contributed by atoms with E-state index in [1.807, 2.05) is 0 Å². The van der Waals surface area contributed by atoms with Gasteiger partial charge in [0, 0.05) is 24.3 Å². The Morgan fingerprint density at radius 3 is 2.33 bits per heavy atom. The Bertz CT molecular complexity index is 855. The fourth-order valence-electron chi connectivity index (χ4n) is 1.93. The maximum atomic E-state index is 12.1. The number of nitro benzene ring substituents is 1. The van der Waals surface area contributed by atoms with E-state index in [1.54, 1.807) is 6.92 Å². The summed E-state index contributed by atoms with van der Waals surface area (Å²) in [6, 6.07) is 6.65. The molecule has 1 heterocycles. The zero-order valence-corrected chi connectivity index (χ0v) is 12.4. The normalized spacial score (nSPS) is 11.5. The smallest absolute Gasteiger partial charge is 0.371 e. The number of nitrogens with one attached hydrogen (secondary N) is 1. The highest BCUT2D eigenvalue weighted by Gasteiger charge is 2.17. The van der Waals surface area contributed by atoms with Crippen molar-refractivity contribution in [1.29, 1.82) is 0 Å². The van der Waals surface area contributed by atoms with E-state index in [-0.39, 0.29) is 5.69 Å². The largest absolute Gasteiger partial charge is 0.475 e. The van der Waals surface area contributed by atoms with Gasteiger partial charge in [-0.3, -0.25) is 19.7 Å². The lowest BCUT2D eigenvalue weighted by molar-refractivity contribution is -0.384. The molecule has 24 heavy (non-hydrogen) atoms. The Morgan fingerprint density at radius 1 is 1.21 bits per heavy atom. The number of hydrogen-bond donors (Lipinski definition) is 2. The van der Waals surface area contributed by atoms with Crippen molar-refractivity contribution >= 4 is 17.6 Å². The van der Waals surface area contributed by atoms with Gasteiger partial charge in [-0.15, -0.1) is 0 Å². The molecule has 0 aliphatic heterocycles. The Labute approximate surface area is 134 Å². The molecule has 0 radical (unpaired) electrons. The summed E-state index contributed by atoms with van der Waals surface area (Å²) in [5.74, 6) is -3.32. The van der Waals surface area contributed by atoms with Crippen molar-refractivity contribution in [3.8, 4) is 0 Å². The van der Waals surface area contributed by atoms with Gasteiger partial charge in [0.15, 0.2) is 11.2 Å². The van der Waals surface area contributed by atoms with Crippen molar-refractivity contribution < 1.29 is 24.0 Å². The molecule has 0 bridgehead atoms. The molecule has 0 fully saturated rings. The van der Waals surface area contributed by atoms with Crippen LogP contribution in [0.3, 0.4) is 0 Å². The molecular weight excluding hydrogens is 320 g/mol. The molecule has 0 saturated heterocycles. The molecule has 124 valence electrons. The summed E-state index contributed by atoms with van der Waals surface area (Å²) in [6.45, 7) is 1.62. The van der Waals surface area contributed by atoms with Crippen LogP contribution in [0.15, 0.2) is 45.6 Å². The molecule has 0 unspecified atom stereocenters. The van der Waals surface area contributed by atoms with E-state index in [2.05, 4.69) is 5.32 Å². The van der Waals surface area contributed by atoms with E-state index in [1.165, 1.54) is 24.3 Å². The second kappa shape index (κ2) is 6.73. The van der Waals surface area contributed by atoms with Gasteiger partial charge in [0.25, 0.3) is 11.6 Å². The number of hydrogen-bond acceptors (Lipinski definition) is 6. The highest BCUT2D eigenvalue weighted by Crippen LogP contribution is 2.18. The first kappa shape index (κ1) is 16.9. The lowest BCUT2D eigenvalue weighted by Gasteiger charge is -2.13. The summed E-state index contributed by atoms with van der Waals surface area (Å²) in [4.78, 5) is 44.4. The molecule has 2 rings (SSSR count). The summed E-state index contributed by atoms with van der Waals surface area (Å²) < 4.78 is 4.87. The second-order valence-corrected chi connectivity index (χ2v) is 4.87. The zero-order valence-electron chi connectivity index (χ0n) is 12.4. The van der Waals surface area contributed by atoms with E-state index < -0.39 is 39.8 Å². The molecule has 2 N–H and O–H groups in total. The first-order valence-electron chi connectivity index (χ1n) is 6.71. The summed E-state index contributed by atoms with van der Waals surface area (Å²) in [5.41, 5.74) is -0.171. The van der Waals surface area contributed by atoms with Crippen molar-refractivity contribution in [1.82, 2.24) is 5.32 Å². The Kier molecular flexibility index (Phi) is 4.73. The number of carbonyl (C=O) groups is 2. The van der Waals surface area contributed by atoms with Crippen molar-refractivity contribution in [2.24, 2.45) is 0 Å². The van der Waals surface area contributed by atoms with Gasteiger partial charge in [-0.2, -0.15) is 0 Å². The first-order valence-corrected chi connectivity index (χ1v) is 6.71. The van der Waals surface area contributed by atoms with Crippen LogP contribution in [0.25, 0.3) is 0 Å². The van der Waals surface area contributed by atoms with Crippen LogP contribution in [0.2, 0.25) is 0 Å². The molecule has 9 heteroatoms. The molecule has 1 aromatic carbocycles. The average Bonchev–Trinajstić information content (AvgIpc) is 2.54. The van der Waals surface area contributed by atoms with E-state index in [9.17, 15) is 24.5 Å². The van der Waals surface area contributed by atoms with Gasteiger partial charge < -0.3 is 14.8 Å². The van der Waals surface area contributed by atoms with E-state index in [0.29, 0.717) is 5.56 Å². The monoisotopic (exact) mass is 332 g/mol. The molecule has 1 amide bonds. The van der Waals surface area contributed by atoms with Crippen LogP contribution in [0.4, 0.5) is 5.69 Å². The maximum Gasteiger partial charge on any atom is 0.371 e.